The van der Waals surface area contributed by atoms with E-state index in [-0.39, 0.29) is 0 Å². The molecule has 6 heteroatoms. The molecule has 2 N–H and O–H groups in total. The van der Waals surface area contributed by atoms with Crippen LogP contribution in [0.3, 0.4) is 0 Å². The lowest BCUT2D eigenvalue weighted by Crippen LogP contribution is -2.47. The number of rotatable bonds is 1. The van der Waals surface area contributed by atoms with Gasteiger partial charge in [0.25, 0.3) is 0 Å². The summed E-state index contributed by atoms with van der Waals surface area (Å²) in [5, 5.41) is 5.60. The number of amides is 2. The molecule has 18 heavy (non-hydrogen) atoms. The Kier molecular flexibility index (Phi) is 4.14. The molecule has 0 saturated carbocycles. The van der Waals surface area contributed by atoms with Crippen LogP contribution in [-0.4, -0.2) is 43.3 Å². The third-order valence-electron chi connectivity index (χ3n) is 2.58. The van der Waals surface area contributed by atoms with E-state index in [9.17, 15) is 9.59 Å². The van der Waals surface area contributed by atoms with E-state index in [0.29, 0.717) is 18.8 Å². The van der Waals surface area contributed by atoms with Gasteiger partial charge in [-0.15, -0.1) is 0 Å². The fourth-order valence-electron chi connectivity index (χ4n) is 1.66. The van der Waals surface area contributed by atoms with Crippen LogP contribution >= 0.6 is 0 Å². The minimum absolute atomic E-state index is 0.553. The number of nitrogens with one attached hydrogen (secondary N) is 2. The van der Waals surface area contributed by atoms with Gasteiger partial charge in [-0.05, 0) is 12.1 Å². The molecule has 1 aromatic carbocycles. The summed E-state index contributed by atoms with van der Waals surface area (Å²) in [7, 11) is 0. The predicted molar refractivity (Wildman–Crippen MR) is 66.4 cm³/mol. The molecule has 0 spiro atoms. The van der Waals surface area contributed by atoms with Crippen LogP contribution in [0, 0.1) is 0 Å². The van der Waals surface area contributed by atoms with Crippen LogP contribution in [0.1, 0.15) is 0 Å². The summed E-state index contributed by atoms with van der Waals surface area (Å²) in [5.74, 6) is 0. The van der Waals surface area contributed by atoms with Crippen LogP contribution < -0.4 is 10.6 Å². The summed E-state index contributed by atoms with van der Waals surface area (Å²) >= 11 is 0. The fraction of sp³-hybridized carbons (Fsp3) is 0.333. The summed E-state index contributed by atoms with van der Waals surface area (Å²) in [6.45, 7) is 2.54. The fourth-order valence-corrected chi connectivity index (χ4v) is 1.66. The molecule has 0 aliphatic carbocycles. The molecule has 1 aliphatic heterocycles. The van der Waals surface area contributed by atoms with Crippen molar-refractivity contribution < 1.29 is 14.3 Å². The Balaban J connectivity index is 1.82. The summed E-state index contributed by atoms with van der Waals surface area (Å²) in [6.07, 6.45) is -1.37. The number of benzene rings is 1. The van der Waals surface area contributed by atoms with Crippen LogP contribution in [0.25, 0.3) is 0 Å². The van der Waals surface area contributed by atoms with Gasteiger partial charge in [-0.25, -0.2) is 9.59 Å². The first kappa shape index (κ1) is 12.4. The number of carbonyl (C=O) groups is 2. The van der Waals surface area contributed by atoms with Crippen LogP contribution in [0.5, 0.6) is 0 Å². The molecule has 2 rings (SSSR count). The number of piperazine rings is 1. The van der Waals surface area contributed by atoms with Gasteiger partial charge >= 0.3 is 12.2 Å². The lowest BCUT2D eigenvalue weighted by molar-refractivity contribution is 0.119. The van der Waals surface area contributed by atoms with Crippen LogP contribution in [0.15, 0.2) is 30.3 Å². The lowest BCUT2D eigenvalue weighted by atomic mass is 10.3. The number of hydrogen-bond donors (Lipinski definition) is 2. The Morgan fingerprint density at radius 2 is 1.83 bits per heavy atom. The topological polar surface area (TPSA) is 70.7 Å². The minimum Gasteiger partial charge on any atom is -0.359 e. The first-order chi connectivity index (χ1) is 8.75. The second-order valence-corrected chi connectivity index (χ2v) is 3.88. The average Bonchev–Trinajstić information content (AvgIpc) is 2.40. The zero-order chi connectivity index (χ0) is 12.8. The highest BCUT2D eigenvalue weighted by Crippen LogP contribution is 2.06. The Morgan fingerprint density at radius 3 is 2.50 bits per heavy atom. The first-order valence-corrected chi connectivity index (χ1v) is 5.79. The maximum atomic E-state index is 11.6. The molecule has 1 fully saturated rings. The first-order valence-electron chi connectivity index (χ1n) is 5.79. The molecule has 0 bridgehead atoms. The predicted octanol–water partition coefficient (Wildman–Crippen LogP) is 1.26. The molecule has 0 unspecified atom stereocenters. The lowest BCUT2D eigenvalue weighted by Gasteiger charge is -2.25. The van der Waals surface area contributed by atoms with Gasteiger partial charge in [0.2, 0.25) is 0 Å². The van der Waals surface area contributed by atoms with Crippen molar-refractivity contribution in [3.8, 4) is 0 Å². The number of para-hydroxylation sites is 1. The minimum atomic E-state index is -0.760. The average molecular weight is 249 g/mol. The van der Waals surface area contributed by atoms with E-state index in [0.717, 1.165) is 13.1 Å². The monoisotopic (exact) mass is 249 g/mol. The zero-order valence-corrected chi connectivity index (χ0v) is 9.89. The second kappa shape index (κ2) is 6.02. The van der Waals surface area contributed by atoms with E-state index >= 15 is 0 Å². The largest absolute Gasteiger partial charge is 0.420 e. The van der Waals surface area contributed by atoms with E-state index in [1.807, 2.05) is 6.07 Å². The maximum absolute atomic E-state index is 11.6. The van der Waals surface area contributed by atoms with Crippen molar-refractivity contribution in [2.45, 2.75) is 0 Å². The maximum Gasteiger partial charge on any atom is 0.420 e. The normalized spacial score (nSPS) is 15.0. The van der Waals surface area contributed by atoms with Crippen molar-refractivity contribution in [3.05, 3.63) is 30.3 Å². The van der Waals surface area contributed by atoms with E-state index in [2.05, 4.69) is 10.6 Å². The number of carbonyl (C=O) groups excluding carboxylic acids is 2. The van der Waals surface area contributed by atoms with Gasteiger partial charge in [-0.3, -0.25) is 5.32 Å². The Hall–Kier alpha value is -2.08. The van der Waals surface area contributed by atoms with Gasteiger partial charge in [0.05, 0.1) is 0 Å². The highest BCUT2D eigenvalue weighted by molar-refractivity contribution is 5.92. The van der Waals surface area contributed by atoms with Crippen LogP contribution in [-0.2, 0) is 4.74 Å². The molecule has 6 nitrogen and oxygen atoms in total. The Morgan fingerprint density at radius 1 is 1.17 bits per heavy atom. The Bertz CT molecular complexity index is 416. The number of hydrogen-bond acceptors (Lipinski definition) is 4. The van der Waals surface area contributed by atoms with Gasteiger partial charge < -0.3 is 15.0 Å². The van der Waals surface area contributed by atoms with Crippen LogP contribution in [0.4, 0.5) is 15.3 Å². The van der Waals surface area contributed by atoms with Crippen molar-refractivity contribution in [2.75, 3.05) is 31.5 Å². The second-order valence-electron chi connectivity index (χ2n) is 3.88. The molecule has 1 aromatic rings. The molecule has 1 heterocycles. The SMILES string of the molecule is O=C(Nc1ccccc1)OC(=O)N1CCNCC1. The molecule has 0 radical (unpaired) electrons. The van der Waals surface area contributed by atoms with E-state index in [1.54, 1.807) is 24.3 Å². The van der Waals surface area contributed by atoms with Crippen molar-refractivity contribution in [2.24, 2.45) is 0 Å². The summed E-state index contributed by atoms with van der Waals surface area (Å²) < 4.78 is 4.70. The quantitative estimate of drug-likeness (QED) is 0.735. The third kappa shape index (κ3) is 3.46. The van der Waals surface area contributed by atoms with E-state index < -0.39 is 12.2 Å². The summed E-state index contributed by atoms with van der Waals surface area (Å²) in [4.78, 5) is 24.6. The van der Waals surface area contributed by atoms with Gasteiger partial charge in [-0.2, -0.15) is 0 Å². The molecule has 2 amide bonds. The summed E-state index contributed by atoms with van der Waals surface area (Å²) in [6, 6.07) is 8.84. The van der Waals surface area contributed by atoms with Crippen molar-refractivity contribution in [3.63, 3.8) is 0 Å². The van der Waals surface area contributed by atoms with Gasteiger partial charge in [0, 0.05) is 31.9 Å². The molecular weight excluding hydrogens is 234 g/mol. The standard InChI is InChI=1S/C12H15N3O3/c16-11(14-10-4-2-1-3-5-10)18-12(17)15-8-6-13-7-9-15/h1-5,13H,6-9H2,(H,14,16). The van der Waals surface area contributed by atoms with Gasteiger partial charge in [0.1, 0.15) is 0 Å². The molecule has 0 atom stereocenters. The van der Waals surface area contributed by atoms with Gasteiger partial charge in [-0.1, -0.05) is 18.2 Å². The van der Waals surface area contributed by atoms with E-state index in [4.69, 9.17) is 4.74 Å². The highest BCUT2D eigenvalue weighted by Gasteiger charge is 2.20. The van der Waals surface area contributed by atoms with Gasteiger partial charge in [0.15, 0.2) is 0 Å². The number of nitrogens with zero attached hydrogens (tertiary/aromatic N) is 1. The van der Waals surface area contributed by atoms with Crippen LogP contribution in [0.2, 0.25) is 0 Å². The van der Waals surface area contributed by atoms with Crippen molar-refractivity contribution in [1.29, 1.82) is 0 Å². The Labute approximate surface area is 105 Å². The smallest absolute Gasteiger partial charge is 0.359 e. The molecule has 96 valence electrons. The van der Waals surface area contributed by atoms with Crippen molar-refractivity contribution >= 4 is 17.9 Å². The number of ether oxygens (including phenoxy) is 1. The number of anilines is 1. The molecular formula is C12H15N3O3. The summed E-state index contributed by atoms with van der Waals surface area (Å²) in [5.41, 5.74) is 0.593. The molecule has 0 aromatic heterocycles. The van der Waals surface area contributed by atoms with E-state index in [1.165, 1.54) is 4.90 Å². The van der Waals surface area contributed by atoms with Crippen molar-refractivity contribution in [1.82, 2.24) is 10.2 Å². The molecule has 1 saturated heterocycles. The molecule has 1 aliphatic rings. The zero-order valence-electron chi connectivity index (χ0n) is 9.89. The highest BCUT2D eigenvalue weighted by atomic mass is 16.6. The third-order valence-corrected chi connectivity index (χ3v) is 2.58.